The molecule has 0 radical (unpaired) electrons. The Bertz CT molecular complexity index is 376. The molecular weight excluding hydrogens is 271 g/mol. The molecule has 1 rings (SSSR count). The van der Waals surface area contributed by atoms with Gasteiger partial charge >= 0.3 is 6.18 Å². The lowest BCUT2D eigenvalue weighted by Crippen LogP contribution is -2.23. The van der Waals surface area contributed by atoms with Crippen LogP contribution >= 0.6 is 24.0 Å². The minimum absolute atomic E-state index is 0.0338. The molecule has 0 aliphatic carbocycles. The second-order valence-electron chi connectivity index (χ2n) is 3.50. The second kappa shape index (κ2) is 6.30. The molecule has 0 unspecified atom stereocenters. The van der Waals surface area contributed by atoms with E-state index in [9.17, 15) is 18.0 Å². The van der Waals surface area contributed by atoms with Gasteiger partial charge in [-0.1, -0.05) is 0 Å². The van der Waals surface area contributed by atoms with Gasteiger partial charge in [-0.25, -0.2) is 0 Å². The second-order valence-corrected chi connectivity index (χ2v) is 4.92. The maximum Gasteiger partial charge on any atom is 0.389 e. The average molecular weight is 283 g/mol. The third-order valence-corrected chi connectivity index (χ3v) is 3.34. The van der Waals surface area contributed by atoms with Crippen molar-refractivity contribution >= 4 is 29.9 Å². The topological polar surface area (TPSA) is 29.1 Å². The summed E-state index contributed by atoms with van der Waals surface area (Å²) in [7, 11) is 0. The van der Waals surface area contributed by atoms with Crippen molar-refractivity contribution in [3.8, 4) is 0 Å². The fourth-order valence-electron chi connectivity index (χ4n) is 1.18. The van der Waals surface area contributed by atoms with E-state index in [1.54, 1.807) is 11.4 Å². The van der Waals surface area contributed by atoms with E-state index in [1.807, 2.05) is 0 Å². The monoisotopic (exact) mass is 283 g/mol. The molecule has 0 saturated heterocycles. The van der Waals surface area contributed by atoms with Crippen LogP contribution in [0.2, 0.25) is 0 Å². The number of carbonyl (C=O) groups excluding carboxylic acids is 1. The molecular formula is C10H12F3NOS2. The summed E-state index contributed by atoms with van der Waals surface area (Å²) in [5.41, 5.74) is 0. The van der Waals surface area contributed by atoms with Crippen LogP contribution < -0.4 is 5.32 Å². The molecule has 0 bridgehead atoms. The fraction of sp³-hybridized carbons (Fsp3) is 0.500. The van der Waals surface area contributed by atoms with E-state index in [-0.39, 0.29) is 18.9 Å². The highest BCUT2D eigenvalue weighted by Gasteiger charge is 2.25. The smallest absolute Gasteiger partial charge is 0.351 e. The highest BCUT2D eigenvalue weighted by atomic mass is 32.1. The quantitative estimate of drug-likeness (QED) is 0.628. The lowest BCUT2D eigenvalue weighted by molar-refractivity contribution is -0.135. The summed E-state index contributed by atoms with van der Waals surface area (Å²) >= 11 is 5.32. The number of rotatable bonds is 5. The van der Waals surface area contributed by atoms with Gasteiger partial charge in [0.25, 0.3) is 5.91 Å². The molecule has 1 aromatic heterocycles. The summed E-state index contributed by atoms with van der Waals surface area (Å²) < 4.78 is 35.4. The van der Waals surface area contributed by atoms with E-state index in [0.717, 1.165) is 0 Å². The third-order valence-electron chi connectivity index (χ3n) is 1.98. The zero-order valence-corrected chi connectivity index (χ0v) is 10.6. The molecule has 7 heteroatoms. The van der Waals surface area contributed by atoms with E-state index < -0.39 is 12.6 Å². The van der Waals surface area contributed by atoms with Crippen molar-refractivity contribution in [3.63, 3.8) is 0 Å². The Balaban J connectivity index is 2.17. The van der Waals surface area contributed by atoms with Crippen LogP contribution in [-0.4, -0.2) is 18.6 Å². The zero-order valence-electron chi connectivity index (χ0n) is 8.88. The maximum atomic E-state index is 11.8. The first-order valence-electron chi connectivity index (χ1n) is 5.01. The number of amides is 1. The van der Waals surface area contributed by atoms with Gasteiger partial charge < -0.3 is 5.32 Å². The molecule has 0 aliphatic rings. The van der Waals surface area contributed by atoms with Crippen LogP contribution in [0.4, 0.5) is 13.2 Å². The van der Waals surface area contributed by atoms with Crippen LogP contribution in [-0.2, 0) is 0 Å². The number of hydrogen-bond acceptors (Lipinski definition) is 3. The summed E-state index contributed by atoms with van der Waals surface area (Å²) in [5.74, 6) is -0.262. The number of alkyl halides is 3. The van der Waals surface area contributed by atoms with Crippen LogP contribution in [0, 0.1) is 0 Å². The molecule has 96 valence electrons. The van der Waals surface area contributed by atoms with Crippen molar-refractivity contribution < 1.29 is 18.0 Å². The third kappa shape index (κ3) is 5.97. The molecule has 0 spiro atoms. The van der Waals surface area contributed by atoms with E-state index in [0.29, 0.717) is 16.2 Å². The lowest BCUT2D eigenvalue weighted by atomic mass is 10.2. The Morgan fingerprint density at radius 3 is 2.65 bits per heavy atom. The molecule has 1 heterocycles. The van der Waals surface area contributed by atoms with E-state index >= 15 is 0 Å². The molecule has 2 nitrogen and oxygen atoms in total. The predicted octanol–water partition coefficient (Wildman–Crippen LogP) is 3.50. The number of carbonyl (C=O) groups is 1. The minimum atomic E-state index is -4.11. The van der Waals surface area contributed by atoms with Crippen molar-refractivity contribution in [2.75, 3.05) is 6.54 Å². The standard InChI is InChI=1S/C10H12F3NOS2/c11-10(12,13)3-1-2-4-14-9(15)8-5-7(16)6-17-8/h5-6,16H,1-4H2,(H,14,15). The maximum absolute atomic E-state index is 11.8. The zero-order chi connectivity index (χ0) is 12.9. The Kier molecular flexibility index (Phi) is 5.32. The molecule has 0 aliphatic heterocycles. The van der Waals surface area contributed by atoms with Gasteiger partial charge in [0.2, 0.25) is 0 Å². The van der Waals surface area contributed by atoms with Crippen LogP contribution in [0.5, 0.6) is 0 Å². The first kappa shape index (κ1) is 14.4. The van der Waals surface area contributed by atoms with Crippen LogP contribution in [0.3, 0.4) is 0 Å². The average Bonchev–Trinajstić information content (AvgIpc) is 2.62. The van der Waals surface area contributed by atoms with Crippen LogP contribution in [0.25, 0.3) is 0 Å². The Morgan fingerprint density at radius 2 is 2.12 bits per heavy atom. The Morgan fingerprint density at radius 1 is 1.41 bits per heavy atom. The Labute approximate surface area is 107 Å². The van der Waals surface area contributed by atoms with E-state index in [4.69, 9.17) is 0 Å². The molecule has 1 aromatic rings. The van der Waals surface area contributed by atoms with Gasteiger partial charge in [0.15, 0.2) is 0 Å². The molecule has 0 fully saturated rings. The van der Waals surface area contributed by atoms with Gasteiger partial charge in [-0.15, -0.1) is 24.0 Å². The van der Waals surface area contributed by atoms with Crippen LogP contribution in [0.15, 0.2) is 16.3 Å². The molecule has 0 saturated carbocycles. The number of thiophene rings is 1. The van der Waals surface area contributed by atoms with Gasteiger partial charge in [-0.3, -0.25) is 4.79 Å². The fourth-order valence-corrected chi connectivity index (χ4v) is 2.25. The minimum Gasteiger partial charge on any atom is -0.351 e. The van der Waals surface area contributed by atoms with Crippen molar-refractivity contribution in [2.45, 2.75) is 30.3 Å². The molecule has 1 N–H and O–H groups in total. The highest BCUT2D eigenvalue weighted by molar-refractivity contribution is 7.80. The predicted molar refractivity (Wildman–Crippen MR) is 63.8 cm³/mol. The summed E-state index contributed by atoms with van der Waals surface area (Å²) in [6.07, 6.45) is -4.56. The van der Waals surface area contributed by atoms with Crippen molar-refractivity contribution in [1.82, 2.24) is 5.32 Å². The van der Waals surface area contributed by atoms with Gasteiger partial charge in [0.05, 0.1) is 4.88 Å². The summed E-state index contributed by atoms with van der Waals surface area (Å²) in [4.78, 5) is 12.7. The van der Waals surface area contributed by atoms with Crippen molar-refractivity contribution in [1.29, 1.82) is 0 Å². The first-order chi connectivity index (χ1) is 7.88. The van der Waals surface area contributed by atoms with E-state index in [1.165, 1.54) is 11.3 Å². The first-order valence-corrected chi connectivity index (χ1v) is 6.33. The highest BCUT2D eigenvalue weighted by Crippen LogP contribution is 2.22. The van der Waals surface area contributed by atoms with Crippen molar-refractivity contribution in [3.05, 3.63) is 16.3 Å². The number of unbranched alkanes of at least 4 members (excludes halogenated alkanes) is 1. The van der Waals surface area contributed by atoms with Gasteiger partial charge in [-0.05, 0) is 18.9 Å². The van der Waals surface area contributed by atoms with Crippen molar-refractivity contribution in [2.24, 2.45) is 0 Å². The van der Waals surface area contributed by atoms with Gasteiger partial charge in [0.1, 0.15) is 0 Å². The Hall–Kier alpha value is -0.690. The molecule has 0 atom stereocenters. The normalized spacial score (nSPS) is 11.5. The number of nitrogens with one attached hydrogen (secondary N) is 1. The van der Waals surface area contributed by atoms with Crippen LogP contribution in [0.1, 0.15) is 28.9 Å². The number of halogens is 3. The number of hydrogen-bond donors (Lipinski definition) is 2. The summed E-state index contributed by atoms with van der Waals surface area (Å²) in [5, 5.41) is 4.29. The molecule has 17 heavy (non-hydrogen) atoms. The summed E-state index contributed by atoms with van der Waals surface area (Å²) in [6, 6.07) is 1.62. The lowest BCUT2D eigenvalue weighted by Gasteiger charge is -2.06. The van der Waals surface area contributed by atoms with Gasteiger partial charge in [0, 0.05) is 23.2 Å². The molecule has 0 aromatic carbocycles. The molecule has 1 amide bonds. The largest absolute Gasteiger partial charge is 0.389 e. The SMILES string of the molecule is O=C(NCCCCC(F)(F)F)c1cc(S)cs1. The van der Waals surface area contributed by atoms with Gasteiger partial charge in [-0.2, -0.15) is 13.2 Å². The summed E-state index contributed by atoms with van der Waals surface area (Å²) in [6.45, 7) is 0.259. The number of thiol groups is 1. The van der Waals surface area contributed by atoms with E-state index in [2.05, 4.69) is 17.9 Å².